The van der Waals surface area contributed by atoms with E-state index < -0.39 is 17.2 Å². The van der Waals surface area contributed by atoms with Crippen molar-refractivity contribution < 1.29 is 4.39 Å². The number of nitrogens with zero attached hydrogens (tertiary/aromatic N) is 4. The Morgan fingerprint density at radius 3 is 2.83 bits per heavy atom. The van der Waals surface area contributed by atoms with Gasteiger partial charge in [0.1, 0.15) is 0 Å². The van der Waals surface area contributed by atoms with E-state index in [1.54, 1.807) is 6.07 Å². The molecule has 0 amide bonds. The van der Waals surface area contributed by atoms with E-state index >= 15 is 0 Å². The third kappa shape index (κ3) is 2.26. The molecule has 0 saturated heterocycles. The largest absolute Gasteiger partial charge is 0.334 e. The molecule has 24 heavy (non-hydrogen) atoms. The molecule has 1 aliphatic carbocycles. The van der Waals surface area contributed by atoms with Gasteiger partial charge in [0.25, 0.3) is 5.56 Å². The molecule has 3 aromatic heterocycles. The van der Waals surface area contributed by atoms with Crippen LogP contribution in [0.25, 0.3) is 11.5 Å². The molecule has 0 bridgehead atoms. The molecule has 0 spiro atoms. The summed E-state index contributed by atoms with van der Waals surface area (Å²) < 4.78 is 16.3. The van der Waals surface area contributed by atoms with E-state index in [1.165, 1.54) is 16.8 Å². The number of nitrogens with one attached hydrogen (secondary N) is 1. The Morgan fingerprint density at radius 2 is 2.17 bits per heavy atom. The number of aromatic nitrogens is 5. The molecule has 0 aliphatic heterocycles. The molecule has 1 fully saturated rings. The number of aromatic amines is 1. The van der Waals surface area contributed by atoms with E-state index in [0.29, 0.717) is 17.5 Å². The summed E-state index contributed by atoms with van der Waals surface area (Å²) in [4.78, 5) is 29.6. The summed E-state index contributed by atoms with van der Waals surface area (Å²) in [5.41, 5.74) is 0.244. The van der Waals surface area contributed by atoms with Gasteiger partial charge < -0.3 is 0 Å². The Kier molecular flexibility index (Phi) is 3.16. The van der Waals surface area contributed by atoms with Gasteiger partial charge in [-0.15, -0.1) is 5.10 Å². The van der Waals surface area contributed by atoms with Crippen LogP contribution < -0.4 is 11.2 Å². The van der Waals surface area contributed by atoms with E-state index in [2.05, 4.69) is 28.9 Å². The van der Waals surface area contributed by atoms with Crippen LogP contribution in [0.5, 0.6) is 0 Å². The average molecular weight is 329 g/mol. The first-order valence-corrected chi connectivity index (χ1v) is 7.82. The van der Waals surface area contributed by atoms with Crippen LogP contribution >= 0.6 is 0 Å². The number of imidazole rings is 1. The third-order valence-corrected chi connectivity index (χ3v) is 4.61. The summed E-state index contributed by atoms with van der Waals surface area (Å²) in [7, 11) is 0. The normalized spacial score (nSPS) is 20.0. The van der Waals surface area contributed by atoms with Gasteiger partial charge in [0.05, 0.1) is 6.20 Å². The van der Waals surface area contributed by atoms with Crippen molar-refractivity contribution in [3.05, 3.63) is 56.9 Å². The Morgan fingerprint density at radius 1 is 1.38 bits per heavy atom. The zero-order valence-electron chi connectivity index (χ0n) is 13.2. The fraction of sp³-hybridized carbons (Fsp3) is 0.375. The highest BCUT2D eigenvalue weighted by Gasteiger charge is 2.42. The minimum absolute atomic E-state index is 0.255. The summed E-state index contributed by atoms with van der Waals surface area (Å²) in [6, 6.07) is 2.99. The molecule has 1 N–H and O–H groups in total. The minimum Gasteiger partial charge on any atom is -0.274 e. The van der Waals surface area contributed by atoms with Gasteiger partial charge in [-0.2, -0.15) is 8.91 Å². The number of H-pyrrole nitrogens is 1. The molecule has 124 valence electrons. The molecule has 1 saturated carbocycles. The lowest BCUT2D eigenvalue weighted by Gasteiger charge is -2.09. The second kappa shape index (κ2) is 5.12. The highest BCUT2D eigenvalue weighted by molar-refractivity contribution is 5.53. The van der Waals surface area contributed by atoms with Gasteiger partial charge in [-0.1, -0.05) is 13.8 Å². The monoisotopic (exact) mass is 329 g/mol. The first-order valence-electron chi connectivity index (χ1n) is 7.82. The molecule has 8 heteroatoms. The van der Waals surface area contributed by atoms with Crippen LogP contribution in [0, 0.1) is 17.8 Å². The predicted octanol–water partition coefficient (Wildman–Crippen LogP) is 1.47. The van der Waals surface area contributed by atoms with Crippen molar-refractivity contribution in [2.24, 2.45) is 11.8 Å². The van der Waals surface area contributed by atoms with Crippen LogP contribution in [0.2, 0.25) is 0 Å². The SMILES string of the molecule is CC(C)[C@H]1C[C@@H]1c1cc(-n2ccc(=O)[nH]c2=O)nn2c(F)cnc12. The van der Waals surface area contributed by atoms with E-state index in [0.717, 1.165) is 22.7 Å². The first kappa shape index (κ1) is 14.8. The van der Waals surface area contributed by atoms with Crippen molar-refractivity contribution in [3.63, 3.8) is 0 Å². The summed E-state index contributed by atoms with van der Waals surface area (Å²) in [6.07, 6.45) is 3.46. The number of hydrogen-bond acceptors (Lipinski definition) is 4. The first-order chi connectivity index (χ1) is 11.5. The van der Waals surface area contributed by atoms with Crippen molar-refractivity contribution in [1.29, 1.82) is 0 Å². The van der Waals surface area contributed by atoms with Crippen molar-refractivity contribution in [1.82, 2.24) is 24.1 Å². The standard InChI is InChI=1S/C16H16FN5O2/c1-8(2)9-5-10(9)11-6-13(20-22-12(17)7-18-15(11)22)21-4-3-14(23)19-16(21)24/h3-4,6-10H,5H2,1-2H3,(H,19,23,24)/t9-,10+/m1/s1. The van der Waals surface area contributed by atoms with Gasteiger partial charge >= 0.3 is 5.69 Å². The van der Waals surface area contributed by atoms with E-state index in [9.17, 15) is 14.0 Å². The van der Waals surface area contributed by atoms with Crippen molar-refractivity contribution in [2.45, 2.75) is 26.2 Å². The molecule has 0 radical (unpaired) electrons. The number of fused-ring (bicyclic) bond motifs is 1. The van der Waals surface area contributed by atoms with Gasteiger partial charge in [0.2, 0.25) is 5.95 Å². The fourth-order valence-corrected chi connectivity index (χ4v) is 3.25. The molecular weight excluding hydrogens is 313 g/mol. The molecule has 3 aromatic rings. The molecule has 4 rings (SSSR count). The molecule has 1 aliphatic rings. The summed E-state index contributed by atoms with van der Waals surface area (Å²) in [5.74, 6) is 0.963. The molecule has 0 unspecified atom stereocenters. The lowest BCUT2D eigenvalue weighted by atomic mass is 10.0. The predicted molar refractivity (Wildman–Crippen MR) is 84.8 cm³/mol. The maximum Gasteiger partial charge on any atom is 0.334 e. The summed E-state index contributed by atoms with van der Waals surface area (Å²) >= 11 is 0. The second-order valence-electron chi connectivity index (χ2n) is 6.50. The number of hydrogen-bond donors (Lipinski definition) is 1. The van der Waals surface area contributed by atoms with E-state index in [-0.39, 0.29) is 11.7 Å². The quantitative estimate of drug-likeness (QED) is 0.788. The Labute approximate surface area is 135 Å². The van der Waals surface area contributed by atoms with Crippen molar-refractivity contribution in [2.75, 3.05) is 0 Å². The maximum atomic E-state index is 14.0. The zero-order chi connectivity index (χ0) is 17.0. The smallest absolute Gasteiger partial charge is 0.274 e. The molecule has 0 aromatic carbocycles. The van der Waals surface area contributed by atoms with Crippen LogP contribution in [0.3, 0.4) is 0 Å². The summed E-state index contributed by atoms with van der Waals surface area (Å²) in [5, 5.41) is 4.16. The van der Waals surface area contributed by atoms with Gasteiger partial charge in [0.15, 0.2) is 11.5 Å². The summed E-state index contributed by atoms with van der Waals surface area (Å²) in [6.45, 7) is 4.31. The van der Waals surface area contributed by atoms with Gasteiger partial charge in [-0.3, -0.25) is 14.3 Å². The molecule has 7 nitrogen and oxygen atoms in total. The van der Waals surface area contributed by atoms with Gasteiger partial charge in [0, 0.05) is 17.8 Å². The molecule has 3 heterocycles. The zero-order valence-corrected chi connectivity index (χ0v) is 13.2. The number of halogens is 1. The van der Waals surface area contributed by atoms with Gasteiger partial charge in [-0.05, 0) is 30.2 Å². The van der Waals surface area contributed by atoms with Crippen LogP contribution in [0.1, 0.15) is 31.7 Å². The highest BCUT2D eigenvalue weighted by atomic mass is 19.1. The fourth-order valence-electron chi connectivity index (χ4n) is 3.25. The Hall–Kier alpha value is -2.77. The third-order valence-electron chi connectivity index (χ3n) is 4.61. The number of rotatable bonds is 3. The van der Waals surface area contributed by atoms with E-state index in [1.807, 2.05) is 0 Å². The van der Waals surface area contributed by atoms with Gasteiger partial charge in [-0.25, -0.2) is 9.78 Å². The maximum absolute atomic E-state index is 14.0. The van der Waals surface area contributed by atoms with Crippen molar-refractivity contribution in [3.8, 4) is 5.82 Å². The minimum atomic E-state index is -0.614. The van der Waals surface area contributed by atoms with Crippen LogP contribution in [-0.2, 0) is 0 Å². The van der Waals surface area contributed by atoms with Crippen LogP contribution in [0.4, 0.5) is 4.39 Å². The van der Waals surface area contributed by atoms with Crippen LogP contribution in [-0.4, -0.2) is 24.1 Å². The average Bonchev–Trinajstić information content (AvgIpc) is 3.25. The second-order valence-corrected chi connectivity index (χ2v) is 6.50. The van der Waals surface area contributed by atoms with E-state index in [4.69, 9.17) is 0 Å². The Balaban J connectivity index is 1.93. The highest BCUT2D eigenvalue weighted by Crippen LogP contribution is 2.52. The molecule has 2 atom stereocenters. The van der Waals surface area contributed by atoms with Crippen molar-refractivity contribution >= 4 is 5.65 Å². The van der Waals surface area contributed by atoms with Crippen LogP contribution in [0.15, 0.2) is 34.1 Å². The lowest BCUT2D eigenvalue weighted by Crippen LogP contribution is -2.28. The Bertz CT molecular complexity index is 1050. The molecular formula is C16H16FN5O2. The topological polar surface area (TPSA) is 85.0 Å². The lowest BCUT2D eigenvalue weighted by molar-refractivity contribution is 0.540.